The minimum Gasteiger partial charge on any atom is -0.394 e. The Morgan fingerprint density at radius 1 is 0.429 bits per heavy atom. The van der Waals surface area contributed by atoms with Crippen molar-refractivity contribution in [3.05, 3.63) is 0 Å². The lowest BCUT2D eigenvalue weighted by Gasteiger charge is -2.46. The minimum atomic E-state index is -1.76. The molecule has 0 radical (unpaired) electrons. The van der Waals surface area contributed by atoms with Crippen LogP contribution in [-0.4, -0.2) is 233 Å². The SMILES string of the molecule is CC(C)CCC[C@@H](C)CCO[C@@H](COCCCCCCCCCCC[C@H]1CC[C@@H](CCCOC[C@@H](CO[C@@H]2O[C@H](CO)[C@@H](O[C@@H]3O[C@H](CO)[C@H](O)[C@H](O)[C@H]3O)[C@H](O)[C@H]2O)OCC[C@H](C)CCCC(C)C)C1)CO[C@@H]1O[C@@H]([C@@H](O)CO)[C@H](O)[C@H]1O. The van der Waals surface area contributed by atoms with Gasteiger partial charge in [-0.25, -0.2) is 0 Å². The fourth-order valence-corrected chi connectivity index (χ4v) is 12.0. The number of hydrogen-bond donors (Lipinski definition) is 11. The van der Waals surface area contributed by atoms with Gasteiger partial charge < -0.3 is 104 Å². The van der Waals surface area contributed by atoms with Gasteiger partial charge in [-0.1, -0.05) is 151 Å². The molecule has 1 aliphatic carbocycles. The summed E-state index contributed by atoms with van der Waals surface area (Å²) < 4.78 is 59.1. The van der Waals surface area contributed by atoms with Crippen LogP contribution >= 0.6 is 0 Å². The van der Waals surface area contributed by atoms with Crippen LogP contribution in [0, 0.1) is 35.5 Å². The molecule has 0 aromatic heterocycles. The van der Waals surface area contributed by atoms with E-state index in [0.29, 0.717) is 62.6 Å². The van der Waals surface area contributed by atoms with Crippen molar-refractivity contribution >= 4 is 0 Å². The van der Waals surface area contributed by atoms with E-state index < -0.39 is 118 Å². The van der Waals surface area contributed by atoms with E-state index in [1.807, 2.05) is 0 Å². The molecule has 21 heteroatoms. The molecule has 11 N–H and O–H groups in total. The van der Waals surface area contributed by atoms with Gasteiger partial charge in [0.25, 0.3) is 0 Å². The van der Waals surface area contributed by atoms with Crippen molar-refractivity contribution in [3.63, 3.8) is 0 Å². The number of hydrogen-bond acceptors (Lipinski definition) is 21. The highest BCUT2D eigenvalue weighted by Gasteiger charge is 2.51. The van der Waals surface area contributed by atoms with Gasteiger partial charge >= 0.3 is 0 Å². The molecule has 0 aromatic carbocycles. The summed E-state index contributed by atoms with van der Waals surface area (Å²) in [5, 5.41) is 113. The molecule has 0 aromatic rings. The molecule has 21 atom stereocenters. The summed E-state index contributed by atoms with van der Waals surface area (Å²) in [5.74, 6) is 3.86. The first-order valence-electron chi connectivity index (χ1n) is 32.9. The van der Waals surface area contributed by atoms with Crippen LogP contribution in [0.2, 0.25) is 0 Å². The van der Waals surface area contributed by atoms with Gasteiger partial charge in [0.15, 0.2) is 18.9 Å². The second-order valence-corrected chi connectivity index (χ2v) is 26.1. The first-order valence-corrected chi connectivity index (χ1v) is 32.9. The Balaban J connectivity index is 1.06. The summed E-state index contributed by atoms with van der Waals surface area (Å²) in [6.07, 6.45) is 4.26. The van der Waals surface area contributed by atoms with Crippen LogP contribution in [0.5, 0.6) is 0 Å². The number of aliphatic hydroxyl groups is 11. The summed E-state index contributed by atoms with van der Waals surface area (Å²) in [5.41, 5.74) is 0. The van der Waals surface area contributed by atoms with Crippen LogP contribution < -0.4 is 0 Å². The lowest BCUT2D eigenvalue weighted by molar-refractivity contribution is -0.360. The highest BCUT2D eigenvalue weighted by atomic mass is 16.7. The number of unbranched alkanes of at least 4 members (excludes halogenated alkanes) is 8. The second-order valence-electron chi connectivity index (χ2n) is 26.1. The van der Waals surface area contributed by atoms with Gasteiger partial charge in [-0.3, -0.25) is 0 Å². The van der Waals surface area contributed by atoms with Crippen molar-refractivity contribution < 1.29 is 104 Å². The summed E-state index contributed by atoms with van der Waals surface area (Å²) in [6, 6.07) is 0. The van der Waals surface area contributed by atoms with E-state index in [-0.39, 0.29) is 25.9 Å². The molecule has 0 spiro atoms. The lowest BCUT2D eigenvalue weighted by atomic mass is 9.96. The molecule has 498 valence electrons. The largest absolute Gasteiger partial charge is 0.394 e. The molecule has 0 amide bonds. The van der Waals surface area contributed by atoms with Gasteiger partial charge in [0.1, 0.15) is 85.5 Å². The minimum absolute atomic E-state index is 0.0213. The van der Waals surface area contributed by atoms with Crippen molar-refractivity contribution in [2.75, 3.05) is 72.7 Å². The van der Waals surface area contributed by atoms with Crippen LogP contribution in [0.15, 0.2) is 0 Å². The zero-order valence-electron chi connectivity index (χ0n) is 52.3. The number of aliphatic hydroxyl groups excluding tert-OH is 11. The van der Waals surface area contributed by atoms with Crippen LogP contribution in [0.4, 0.5) is 0 Å². The van der Waals surface area contributed by atoms with Gasteiger partial charge in [0, 0.05) is 26.4 Å². The molecule has 0 unspecified atom stereocenters. The third kappa shape index (κ3) is 28.1. The first kappa shape index (κ1) is 75.6. The maximum atomic E-state index is 11.1. The summed E-state index contributed by atoms with van der Waals surface area (Å²) in [4.78, 5) is 0. The fourth-order valence-electron chi connectivity index (χ4n) is 12.0. The van der Waals surface area contributed by atoms with E-state index in [9.17, 15) is 56.2 Å². The van der Waals surface area contributed by atoms with Crippen LogP contribution in [0.25, 0.3) is 0 Å². The Morgan fingerprint density at radius 3 is 1.42 bits per heavy atom. The second kappa shape index (κ2) is 43.0. The summed E-state index contributed by atoms with van der Waals surface area (Å²) in [7, 11) is 0. The molecule has 4 rings (SSSR count). The lowest BCUT2D eigenvalue weighted by Crippen LogP contribution is -2.64. The normalized spacial score (nSPS) is 32.2. The van der Waals surface area contributed by atoms with Crippen molar-refractivity contribution in [2.24, 2.45) is 35.5 Å². The van der Waals surface area contributed by atoms with E-state index in [4.69, 9.17) is 47.4 Å². The van der Waals surface area contributed by atoms with Crippen LogP contribution in [0.3, 0.4) is 0 Å². The molecule has 3 aliphatic heterocycles. The Bertz CT molecular complexity index is 1600. The van der Waals surface area contributed by atoms with Crippen molar-refractivity contribution in [1.82, 2.24) is 0 Å². The monoisotopic (exact) mass is 1210 g/mol. The smallest absolute Gasteiger partial charge is 0.187 e. The number of ether oxygens (including phenoxy) is 10. The zero-order valence-corrected chi connectivity index (χ0v) is 52.3. The van der Waals surface area contributed by atoms with Gasteiger partial charge in [-0.2, -0.15) is 0 Å². The molecule has 4 fully saturated rings. The Kier molecular flexibility index (Phi) is 38.7. The molecular formula is C63H120O21. The zero-order chi connectivity index (χ0) is 61.4. The predicted octanol–water partition coefficient (Wildman–Crippen LogP) is 5.05. The van der Waals surface area contributed by atoms with Crippen molar-refractivity contribution in [3.8, 4) is 0 Å². The highest BCUT2D eigenvalue weighted by Crippen LogP contribution is 2.37. The Hall–Kier alpha value is -0.840. The van der Waals surface area contributed by atoms with Gasteiger partial charge in [-0.15, -0.1) is 0 Å². The van der Waals surface area contributed by atoms with Crippen molar-refractivity contribution in [2.45, 2.75) is 294 Å². The molecule has 84 heavy (non-hydrogen) atoms. The fraction of sp³-hybridized carbons (Fsp3) is 1.00. The Labute approximate surface area is 503 Å². The molecule has 4 aliphatic rings. The van der Waals surface area contributed by atoms with Gasteiger partial charge in [-0.05, 0) is 74.0 Å². The summed E-state index contributed by atoms with van der Waals surface area (Å²) in [6.45, 7) is 14.4. The summed E-state index contributed by atoms with van der Waals surface area (Å²) >= 11 is 0. The van der Waals surface area contributed by atoms with Gasteiger partial charge in [0.2, 0.25) is 0 Å². The molecule has 3 heterocycles. The maximum absolute atomic E-state index is 11.1. The first-order chi connectivity index (χ1) is 40.4. The Morgan fingerprint density at radius 2 is 0.893 bits per heavy atom. The predicted molar refractivity (Wildman–Crippen MR) is 314 cm³/mol. The van der Waals surface area contributed by atoms with E-state index >= 15 is 0 Å². The average Bonchev–Trinajstić information content (AvgIpc) is 3.65. The third-order valence-corrected chi connectivity index (χ3v) is 17.6. The molecular weight excluding hydrogens is 1090 g/mol. The molecule has 21 nitrogen and oxygen atoms in total. The average molecular weight is 1210 g/mol. The van der Waals surface area contributed by atoms with E-state index in [1.54, 1.807) is 0 Å². The maximum Gasteiger partial charge on any atom is 0.187 e. The topological polar surface area (TPSA) is 315 Å². The highest BCUT2D eigenvalue weighted by molar-refractivity contribution is 4.95. The van der Waals surface area contributed by atoms with Gasteiger partial charge in [0.05, 0.1) is 46.2 Å². The molecule has 0 bridgehead atoms. The van der Waals surface area contributed by atoms with E-state index in [2.05, 4.69) is 41.5 Å². The molecule has 3 saturated heterocycles. The van der Waals surface area contributed by atoms with Crippen LogP contribution in [0.1, 0.15) is 189 Å². The third-order valence-electron chi connectivity index (χ3n) is 17.6. The standard InChI is InChI=1S/C63H120O21/c1-41(2)19-16-21-43(5)27-31-77-47(40-80-62-57(73)54(70)59(83-62)49(67)34-64)37-75-29-15-13-11-9-7-8-10-12-14-23-45-25-26-46(33-45)24-18-30-76-38-48(78-32-28-44(6)22-17-20-42(3)4)39-79-61-58(74)55(71)60(51(36-66)82-61)84-63-56(72)53(69)52(68)50(35-65)81-63/h41-74H,7-40H2,1-6H3/t43-,44-,45+,46-,47+,48+,49+,50-,51-,52+,53+,54-,55-,56-,57-,58-,59+,60-,61-,62-,63+/m1/s1. The van der Waals surface area contributed by atoms with E-state index in [1.165, 1.54) is 89.9 Å². The van der Waals surface area contributed by atoms with Crippen molar-refractivity contribution in [1.29, 1.82) is 0 Å². The van der Waals surface area contributed by atoms with Crippen LogP contribution in [-0.2, 0) is 47.4 Å². The number of rotatable bonds is 48. The quantitative estimate of drug-likeness (QED) is 0.0355. The van der Waals surface area contributed by atoms with E-state index in [0.717, 1.165) is 63.7 Å². The molecule has 1 saturated carbocycles.